The Hall–Kier alpha value is -1.10. The summed E-state index contributed by atoms with van der Waals surface area (Å²) in [4.78, 5) is 16.1. The van der Waals surface area contributed by atoms with Crippen LogP contribution in [-0.4, -0.2) is 18.1 Å². The highest BCUT2D eigenvalue weighted by molar-refractivity contribution is 7.13. The number of hydrogen-bond donors (Lipinski definition) is 0. The summed E-state index contributed by atoms with van der Waals surface area (Å²) < 4.78 is 4.66. The lowest BCUT2D eigenvalue weighted by Crippen LogP contribution is -2.03. The molecule has 0 aliphatic carbocycles. The molecule has 2 aromatic rings. The number of ether oxygens (including phenoxy) is 1. The molecule has 17 heavy (non-hydrogen) atoms. The quantitative estimate of drug-likeness (QED) is 0.787. The van der Waals surface area contributed by atoms with Crippen LogP contribution in [0.25, 0.3) is 10.4 Å². The van der Waals surface area contributed by atoms with Crippen molar-refractivity contribution in [2.45, 2.75) is 0 Å². The summed E-state index contributed by atoms with van der Waals surface area (Å²) in [6.07, 6.45) is 0. The Balaban J connectivity index is 2.57. The maximum atomic E-state index is 11.5. The third kappa shape index (κ3) is 2.44. The predicted molar refractivity (Wildman–Crippen MR) is 68.9 cm³/mol. The lowest BCUT2D eigenvalue weighted by Gasteiger charge is -2.04. The fourth-order valence-electron chi connectivity index (χ4n) is 1.35. The number of esters is 1. The van der Waals surface area contributed by atoms with Gasteiger partial charge in [0.05, 0.1) is 17.5 Å². The van der Waals surface area contributed by atoms with Crippen LogP contribution in [0, 0.1) is 0 Å². The summed E-state index contributed by atoms with van der Waals surface area (Å²) in [5, 5.41) is 1.07. The van der Waals surface area contributed by atoms with E-state index in [4.69, 9.17) is 23.2 Å². The number of thiazole rings is 1. The second-order valence-corrected chi connectivity index (χ2v) is 4.84. The third-order valence-electron chi connectivity index (χ3n) is 2.12. The van der Waals surface area contributed by atoms with E-state index in [1.807, 2.05) is 0 Å². The summed E-state index contributed by atoms with van der Waals surface area (Å²) in [7, 11) is 1.31. The normalized spacial score (nSPS) is 10.3. The van der Waals surface area contributed by atoms with E-state index in [9.17, 15) is 4.79 Å². The average Bonchev–Trinajstić information content (AvgIpc) is 2.80. The van der Waals surface area contributed by atoms with Crippen LogP contribution in [0.1, 0.15) is 10.5 Å². The van der Waals surface area contributed by atoms with Gasteiger partial charge in [-0.05, 0) is 18.2 Å². The van der Waals surface area contributed by atoms with Gasteiger partial charge < -0.3 is 4.74 Å². The van der Waals surface area contributed by atoms with Crippen LogP contribution >= 0.6 is 34.5 Å². The van der Waals surface area contributed by atoms with Crippen LogP contribution in [0.15, 0.2) is 23.7 Å². The molecule has 0 saturated carbocycles. The van der Waals surface area contributed by atoms with Crippen molar-refractivity contribution in [2.24, 2.45) is 0 Å². The number of hydrogen-bond acceptors (Lipinski definition) is 4. The standard InChI is InChI=1S/C11H7Cl2NO2S/c1-16-11(15)9-10(17-5-14-9)7-4-6(12)2-3-8(7)13/h2-5H,1H3. The zero-order valence-corrected chi connectivity index (χ0v) is 11.1. The fourth-order valence-corrected chi connectivity index (χ4v) is 2.60. The molecule has 88 valence electrons. The smallest absolute Gasteiger partial charge is 0.358 e. The van der Waals surface area contributed by atoms with E-state index >= 15 is 0 Å². The van der Waals surface area contributed by atoms with Crippen molar-refractivity contribution in [2.75, 3.05) is 7.11 Å². The Bertz CT molecular complexity index is 568. The molecule has 1 heterocycles. The molecule has 2 rings (SSSR count). The topological polar surface area (TPSA) is 39.2 Å². The van der Waals surface area contributed by atoms with Gasteiger partial charge in [0, 0.05) is 15.6 Å². The average molecular weight is 288 g/mol. The molecule has 1 aromatic carbocycles. The Labute approximate surface area is 112 Å². The summed E-state index contributed by atoms with van der Waals surface area (Å²) >= 11 is 13.3. The predicted octanol–water partition coefficient (Wildman–Crippen LogP) is 3.90. The van der Waals surface area contributed by atoms with E-state index in [0.717, 1.165) is 0 Å². The Morgan fingerprint density at radius 1 is 1.41 bits per heavy atom. The van der Waals surface area contributed by atoms with Crippen molar-refractivity contribution in [1.82, 2.24) is 4.98 Å². The van der Waals surface area contributed by atoms with Gasteiger partial charge in [-0.3, -0.25) is 0 Å². The molecular formula is C11H7Cl2NO2S. The number of carbonyl (C=O) groups excluding carboxylic acids is 1. The number of methoxy groups -OCH3 is 1. The first-order valence-electron chi connectivity index (χ1n) is 4.60. The van der Waals surface area contributed by atoms with Crippen molar-refractivity contribution in [1.29, 1.82) is 0 Å². The van der Waals surface area contributed by atoms with E-state index in [2.05, 4.69) is 9.72 Å². The van der Waals surface area contributed by atoms with Gasteiger partial charge in [0.1, 0.15) is 0 Å². The lowest BCUT2D eigenvalue weighted by molar-refractivity contribution is 0.0596. The molecule has 0 aliphatic heterocycles. The number of halogens is 2. The van der Waals surface area contributed by atoms with Crippen molar-refractivity contribution in [3.8, 4) is 10.4 Å². The Morgan fingerprint density at radius 3 is 2.88 bits per heavy atom. The van der Waals surface area contributed by atoms with Gasteiger partial charge in [0.15, 0.2) is 5.69 Å². The van der Waals surface area contributed by atoms with Crippen LogP contribution in [0.3, 0.4) is 0 Å². The number of nitrogens with zero attached hydrogens (tertiary/aromatic N) is 1. The monoisotopic (exact) mass is 287 g/mol. The highest BCUT2D eigenvalue weighted by Crippen LogP contribution is 2.35. The largest absolute Gasteiger partial charge is 0.464 e. The van der Waals surface area contributed by atoms with Crippen LogP contribution < -0.4 is 0 Å². The molecule has 0 amide bonds. The first kappa shape index (κ1) is 12.4. The maximum absolute atomic E-state index is 11.5. The first-order chi connectivity index (χ1) is 8.13. The second kappa shape index (κ2) is 5.04. The molecule has 0 aliphatic rings. The minimum atomic E-state index is -0.489. The second-order valence-electron chi connectivity index (χ2n) is 3.15. The molecular weight excluding hydrogens is 281 g/mol. The molecule has 6 heteroatoms. The van der Waals surface area contributed by atoms with E-state index in [-0.39, 0.29) is 5.69 Å². The Morgan fingerprint density at radius 2 is 2.18 bits per heavy atom. The highest BCUT2D eigenvalue weighted by atomic mass is 35.5. The van der Waals surface area contributed by atoms with E-state index < -0.39 is 5.97 Å². The van der Waals surface area contributed by atoms with Gasteiger partial charge in [-0.1, -0.05) is 23.2 Å². The molecule has 0 bridgehead atoms. The van der Waals surface area contributed by atoms with Crippen molar-refractivity contribution >= 4 is 40.5 Å². The molecule has 0 unspecified atom stereocenters. The Kier molecular flexibility index (Phi) is 3.66. The zero-order chi connectivity index (χ0) is 12.4. The van der Waals surface area contributed by atoms with Gasteiger partial charge in [-0.25, -0.2) is 9.78 Å². The molecule has 0 radical (unpaired) electrons. The number of aromatic nitrogens is 1. The van der Waals surface area contributed by atoms with Gasteiger partial charge in [-0.15, -0.1) is 11.3 Å². The summed E-state index contributed by atoms with van der Waals surface area (Å²) in [6.45, 7) is 0. The first-order valence-corrected chi connectivity index (χ1v) is 6.24. The number of rotatable bonds is 2. The van der Waals surface area contributed by atoms with E-state index in [1.165, 1.54) is 18.4 Å². The molecule has 0 spiro atoms. The molecule has 1 aromatic heterocycles. The molecule has 0 atom stereocenters. The lowest BCUT2D eigenvalue weighted by atomic mass is 10.1. The van der Waals surface area contributed by atoms with Gasteiger partial charge >= 0.3 is 5.97 Å². The van der Waals surface area contributed by atoms with Crippen molar-refractivity contribution < 1.29 is 9.53 Å². The van der Waals surface area contributed by atoms with Crippen LogP contribution in [-0.2, 0) is 4.74 Å². The van der Waals surface area contributed by atoms with Crippen LogP contribution in [0.4, 0.5) is 0 Å². The van der Waals surface area contributed by atoms with Crippen molar-refractivity contribution in [3.05, 3.63) is 39.4 Å². The molecule has 3 nitrogen and oxygen atoms in total. The summed E-state index contributed by atoms with van der Waals surface area (Å²) in [6, 6.07) is 5.07. The number of benzene rings is 1. The number of carbonyl (C=O) groups is 1. The van der Waals surface area contributed by atoms with Gasteiger partial charge in [0.25, 0.3) is 0 Å². The molecule has 0 fully saturated rings. The summed E-state index contributed by atoms with van der Waals surface area (Å²) in [5.41, 5.74) is 2.50. The van der Waals surface area contributed by atoms with Gasteiger partial charge in [0.2, 0.25) is 0 Å². The zero-order valence-electron chi connectivity index (χ0n) is 8.74. The molecule has 0 saturated heterocycles. The van der Waals surface area contributed by atoms with E-state index in [1.54, 1.807) is 23.7 Å². The van der Waals surface area contributed by atoms with Crippen LogP contribution in [0.2, 0.25) is 10.0 Å². The van der Waals surface area contributed by atoms with Crippen LogP contribution in [0.5, 0.6) is 0 Å². The maximum Gasteiger partial charge on any atom is 0.358 e. The summed E-state index contributed by atoms with van der Waals surface area (Å²) in [5.74, 6) is -0.489. The molecule has 0 N–H and O–H groups in total. The minimum absolute atomic E-state index is 0.252. The van der Waals surface area contributed by atoms with E-state index in [0.29, 0.717) is 20.5 Å². The highest BCUT2D eigenvalue weighted by Gasteiger charge is 2.18. The fraction of sp³-hybridized carbons (Fsp3) is 0.0909. The third-order valence-corrected chi connectivity index (χ3v) is 3.54. The van der Waals surface area contributed by atoms with Gasteiger partial charge in [-0.2, -0.15) is 0 Å². The minimum Gasteiger partial charge on any atom is -0.464 e. The SMILES string of the molecule is COC(=O)c1ncsc1-c1cc(Cl)ccc1Cl. The van der Waals surface area contributed by atoms with Crippen molar-refractivity contribution in [3.63, 3.8) is 0 Å².